The molecule has 2 aromatic rings. The SMILES string of the molecule is CCNC(=NCc1cccc(N(C)C)c1)NCCc1cccc(F)c1. The Labute approximate surface area is 149 Å². The highest BCUT2D eigenvalue weighted by molar-refractivity contribution is 5.79. The summed E-state index contributed by atoms with van der Waals surface area (Å²) in [6, 6.07) is 15.0. The van der Waals surface area contributed by atoms with Crippen molar-refractivity contribution in [3.63, 3.8) is 0 Å². The topological polar surface area (TPSA) is 39.7 Å². The van der Waals surface area contributed by atoms with E-state index in [1.54, 1.807) is 12.1 Å². The monoisotopic (exact) mass is 342 g/mol. The Morgan fingerprint density at radius 2 is 1.80 bits per heavy atom. The number of hydrogen-bond acceptors (Lipinski definition) is 2. The van der Waals surface area contributed by atoms with Crippen molar-refractivity contribution in [1.82, 2.24) is 10.6 Å². The molecule has 25 heavy (non-hydrogen) atoms. The molecule has 0 heterocycles. The summed E-state index contributed by atoms with van der Waals surface area (Å²) in [5.41, 5.74) is 3.30. The summed E-state index contributed by atoms with van der Waals surface area (Å²) in [6.45, 7) is 4.14. The lowest BCUT2D eigenvalue weighted by Gasteiger charge is -2.14. The van der Waals surface area contributed by atoms with E-state index in [1.165, 1.54) is 6.07 Å². The molecule has 0 spiro atoms. The first-order valence-electron chi connectivity index (χ1n) is 8.61. The maximum absolute atomic E-state index is 13.2. The molecule has 0 radical (unpaired) electrons. The first-order chi connectivity index (χ1) is 12.1. The molecule has 0 fully saturated rings. The predicted octanol–water partition coefficient (Wildman–Crippen LogP) is 3.19. The van der Waals surface area contributed by atoms with Gasteiger partial charge in [0.25, 0.3) is 0 Å². The summed E-state index contributed by atoms with van der Waals surface area (Å²) in [4.78, 5) is 6.71. The van der Waals surface area contributed by atoms with Crippen LogP contribution >= 0.6 is 0 Å². The van der Waals surface area contributed by atoms with Crippen LogP contribution in [0.5, 0.6) is 0 Å². The van der Waals surface area contributed by atoms with Crippen LogP contribution in [0.15, 0.2) is 53.5 Å². The summed E-state index contributed by atoms with van der Waals surface area (Å²) in [7, 11) is 4.06. The van der Waals surface area contributed by atoms with Gasteiger partial charge in [0.05, 0.1) is 6.54 Å². The van der Waals surface area contributed by atoms with E-state index in [9.17, 15) is 4.39 Å². The fourth-order valence-electron chi connectivity index (χ4n) is 2.46. The zero-order chi connectivity index (χ0) is 18.1. The molecular weight excluding hydrogens is 315 g/mol. The van der Waals surface area contributed by atoms with Crippen molar-refractivity contribution in [3.8, 4) is 0 Å². The van der Waals surface area contributed by atoms with Crippen molar-refractivity contribution in [1.29, 1.82) is 0 Å². The van der Waals surface area contributed by atoms with Gasteiger partial charge in [0.1, 0.15) is 5.82 Å². The van der Waals surface area contributed by atoms with Crippen molar-refractivity contribution in [2.24, 2.45) is 4.99 Å². The number of nitrogens with zero attached hydrogens (tertiary/aromatic N) is 2. The maximum atomic E-state index is 13.2. The van der Waals surface area contributed by atoms with Gasteiger partial charge in [-0.2, -0.15) is 0 Å². The Kier molecular flexibility index (Phi) is 7.26. The standard InChI is InChI=1S/C20H27FN4/c1-4-22-20(23-12-11-16-7-5-9-18(21)13-16)24-15-17-8-6-10-19(14-17)25(2)3/h5-10,13-14H,4,11-12,15H2,1-3H3,(H2,22,23,24). The summed E-state index contributed by atoms with van der Waals surface area (Å²) in [6.07, 6.45) is 0.748. The van der Waals surface area contributed by atoms with Crippen LogP contribution in [0, 0.1) is 5.82 Å². The Balaban J connectivity index is 1.92. The van der Waals surface area contributed by atoms with Crippen LogP contribution in [0.4, 0.5) is 10.1 Å². The Bertz CT molecular complexity index is 698. The quantitative estimate of drug-likeness (QED) is 0.600. The Morgan fingerprint density at radius 3 is 2.52 bits per heavy atom. The van der Waals surface area contributed by atoms with E-state index >= 15 is 0 Å². The number of hydrogen-bond donors (Lipinski definition) is 2. The van der Waals surface area contributed by atoms with Crippen molar-refractivity contribution >= 4 is 11.6 Å². The average Bonchev–Trinajstić information content (AvgIpc) is 2.60. The number of rotatable bonds is 7. The normalized spacial score (nSPS) is 11.3. The van der Waals surface area contributed by atoms with Gasteiger partial charge in [0, 0.05) is 32.9 Å². The third-order valence-electron chi connectivity index (χ3n) is 3.79. The van der Waals surface area contributed by atoms with Crippen molar-refractivity contribution in [3.05, 3.63) is 65.5 Å². The molecule has 0 aromatic heterocycles. The van der Waals surface area contributed by atoms with Crippen molar-refractivity contribution in [2.75, 3.05) is 32.1 Å². The van der Waals surface area contributed by atoms with E-state index in [1.807, 2.05) is 33.2 Å². The first-order valence-corrected chi connectivity index (χ1v) is 8.61. The van der Waals surface area contributed by atoms with Gasteiger partial charge in [-0.3, -0.25) is 0 Å². The second kappa shape index (κ2) is 9.67. The molecule has 0 saturated heterocycles. The van der Waals surface area contributed by atoms with Gasteiger partial charge in [0.2, 0.25) is 0 Å². The minimum Gasteiger partial charge on any atom is -0.378 e. The van der Waals surface area contributed by atoms with Crippen LogP contribution in [0.2, 0.25) is 0 Å². The summed E-state index contributed by atoms with van der Waals surface area (Å²) in [5, 5.41) is 6.54. The first kappa shape index (κ1) is 18.8. The molecule has 134 valence electrons. The Morgan fingerprint density at radius 1 is 1.04 bits per heavy atom. The molecule has 2 rings (SSSR count). The largest absolute Gasteiger partial charge is 0.378 e. The second-order valence-electron chi connectivity index (χ2n) is 6.07. The van der Waals surface area contributed by atoms with Gasteiger partial charge in [-0.15, -0.1) is 0 Å². The van der Waals surface area contributed by atoms with Crippen LogP contribution in [0.3, 0.4) is 0 Å². The molecule has 0 aliphatic rings. The van der Waals surface area contributed by atoms with E-state index in [-0.39, 0.29) is 5.82 Å². The van der Waals surface area contributed by atoms with Gasteiger partial charge < -0.3 is 15.5 Å². The number of benzene rings is 2. The molecule has 0 aliphatic heterocycles. The number of guanidine groups is 1. The summed E-state index contributed by atoms with van der Waals surface area (Å²) in [5.74, 6) is 0.577. The number of aliphatic imine (C=N–C) groups is 1. The smallest absolute Gasteiger partial charge is 0.191 e. The molecule has 0 bridgehead atoms. The minimum absolute atomic E-state index is 0.196. The van der Waals surface area contributed by atoms with Crippen LogP contribution in [0.25, 0.3) is 0 Å². The lowest BCUT2D eigenvalue weighted by molar-refractivity contribution is 0.625. The van der Waals surface area contributed by atoms with Crippen LogP contribution in [-0.2, 0) is 13.0 Å². The van der Waals surface area contributed by atoms with Gasteiger partial charge in [-0.05, 0) is 48.7 Å². The number of nitrogens with one attached hydrogen (secondary N) is 2. The van der Waals surface area contributed by atoms with E-state index in [2.05, 4.69) is 38.7 Å². The molecular formula is C20H27FN4. The van der Waals surface area contributed by atoms with Crippen molar-refractivity contribution < 1.29 is 4.39 Å². The second-order valence-corrected chi connectivity index (χ2v) is 6.07. The molecule has 0 unspecified atom stereocenters. The molecule has 2 N–H and O–H groups in total. The van der Waals surface area contributed by atoms with E-state index in [0.717, 1.165) is 35.7 Å². The molecule has 0 amide bonds. The zero-order valence-corrected chi connectivity index (χ0v) is 15.2. The highest BCUT2D eigenvalue weighted by Gasteiger charge is 2.01. The Hall–Kier alpha value is -2.56. The average molecular weight is 342 g/mol. The molecule has 0 aliphatic carbocycles. The third kappa shape index (κ3) is 6.45. The maximum Gasteiger partial charge on any atom is 0.191 e. The van der Waals surface area contributed by atoms with E-state index in [0.29, 0.717) is 13.1 Å². The van der Waals surface area contributed by atoms with Gasteiger partial charge in [-0.1, -0.05) is 24.3 Å². The van der Waals surface area contributed by atoms with E-state index < -0.39 is 0 Å². The fraction of sp³-hybridized carbons (Fsp3) is 0.350. The minimum atomic E-state index is -0.196. The lowest BCUT2D eigenvalue weighted by atomic mass is 10.1. The summed E-state index contributed by atoms with van der Waals surface area (Å²) < 4.78 is 13.2. The highest BCUT2D eigenvalue weighted by atomic mass is 19.1. The van der Waals surface area contributed by atoms with Gasteiger partial charge in [0.15, 0.2) is 5.96 Å². The van der Waals surface area contributed by atoms with Crippen LogP contribution in [0.1, 0.15) is 18.1 Å². The van der Waals surface area contributed by atoms with Crippen LogP contribution in [-0.4, -0.2) is 33.1 Å². The van der Waals surface area contributed by atoms with E-state index in [4.69, 9.17) is 0 Å². The fourth-order valence-corrected chi connectivity index (χ4v) is 2.46. The van der Waals surface area contributed by atoms with Crippen molar-refractivity contribution in [2.45, 2.75) is 19.9 Å². The lowest BCUT2D eigenvalue weighted by Crippen LogP contribution is -2.38. The molecule has 5 heteroatoms. The highest BCUT2D eigenvalue weighted by Crippen LogP contribution is 2.14. The van der Waals surface area contributed by atoms with Crippen LogP contribution < -0.4 is 15.5 Å². The predicted molar refractivity (Wildman–Crippen MR) is 104 cm³/mol. The number of anilines is 1. The zero-order valence-electron chi connectivity index (χ0n) is 15.2. The molecule has 2 aromatic carbocycles. The van der Waals surface area contributed by atoms with Gasteiger partial charge in [-0.25, -0.2) is 9.38 Å². The summed E-state index contributed by atoms with van der Waals surface area (Å²) >= 11 is 0. The molecule has 0 saturated carbocycles. The molecule has 0 atom stereocenters. The third-order valence-corrected chi connectivity index (χ3v) is 3.79. The molecule has 4 nitrogen and oxygen atoms in total. The number of halogens is 1. The van der Waals surface area contributed by atoms with Gasteiger partial charge >= 0.3 is 0 Å².